The largest absolute Gasteiger partial charge is 0.497 e. The fourth-order valence-electron chi connectivity index (χ4n) is 6.52. The molecule has 3 aliphatic heterocycles. The predicted octanol–water partition coefficient (Wildman–Crippen LogP) is 4.02. The van der Waals surface area contributed by atoms with Crippen LogP contribution in [0.15, 0.2) is 49.6 Å². The topological polar surface area (TPSA) is 106 Å². The van der Waals surface area contributed by atoms with E-state index in [0.29, 0.717) is 43.7 Å². The first-order chi connectivity index (χ1) is 19.8. The number of carbonyl (C=O) groups excluding carboxylic acids is 3. The van der Waals surface area contributed by atoms with Gasteiger partial charge in [0.15, 0.2) is 0 Å². The molecule has 1 spiro atoms. The molecule has 6 atom stereocenters. The van der Waals surface area contributed by atoms with Crippen LogP contribution in [-0.4, -0.2) is 83.8 Å². The Morgan fingerprint density at radius 2 is 1.90 bits per heavy atom. The van der Waals surface area contributed by atoms with Crippen LogP contribution in [0, 0.1) is 11.8 Å². The highest BCUT2D eigenvalue weighted by molar-refractivity contribution is 9.09. The van der Waals surface area contributed by atoms with Gasteiger partial charge < -0.3 is 29.1 Å². The van der Waals surface area contributed by atoms with Crippen molar-refractivity contribution in [1.82, 2.24) is 4.90 Å². The average Bonchev–Trinajstić information content (AvgIpc) is 3.57. The van der Waals surface area contributed by atoms with Gasteiger partial charge in [0.2, 0.25) is 5.91 Å². The van der Waals surface area contributed by atoms with Crippen LogP contribution in [-0.2, 0) is 23.9 Å². The highest BCUT2D eigenvalue weighted by Crippen LogP contribution is 2.60. The average molecular weight is 634 g/mol. The number of alkyl halides is 1. The number of aliphatic hydroxyl groups is 1. The SMILES string of the molecule is C=CCCCOC(=O)[C@H]1[C@H]2C(=O)N(CCCCCCO)C(C(=O)N(CC=C)c3ccc(OC)cc3)C23CC(Br)[C@@H]1O3. The molecule has 2 amide bonds. The molecule has 1 aromatic carbocycles. The molecule has 0 aliphatic carbocycles. The Morgan fingerprint density at radius 1 is 1.17 bits per heavy atom. The van der Waals surface area contributed by atoms with Crippen molar-refractivity contribution >= 4 is 39.4 Å². The number of allylic oxidation sites excluding steroid dienone is 1. The fraction of sp³-hybridized carbons (Fsp3) is 0.581. The van der Waals surface area contributed by atoms with Gasteiger partial charge >= 0.3 is 5.97 Å². The van der Waals surface area contributed by atoms with Crippen molar-refractivity contribution in [2.45, 2.75) is 67.5 Å². The van der Waals surface area contributed by atoms with Crippen LogP contribution in [0.4, 0.5) is 5.69 Å². The van der Waals surface area contributed by atoms with Crippen molar-refractivity contribution < 1.29 is 33.7 Å². The summed E-state index contributed by atoms with van der Waals surface area (Å²) in [5.41, 5.74) is -0.513. The van der Waals surface area contributed by atoms with Crippen LogP contribution in [0.2, 0.25) is 0 Å². The molecule has 4 rings (SSSR count). The third-order valence-corrected chi connectivity index (χ3v) is 9.21. The molecule has 0 radical (unpaired) electrons. The maximum Gasteiger partial charge on any atom is 0.312 e. The molecule has 41 heavy (non-hydrogen) atoms. The van der Waals surface area contributed by atoms with Crippen LogP contribution in [0.25, 0.3) is 0 Å². The Morgan fingerprint density at radius 3 is 2.56 bits per heavy atom. The summed E-state index contributed by atoms with van der Waals surface area (Å²) in [7, 11) is 1.58. The second-order valence-corrected chi connectivity index (χ2v) is 12.0. The van der Waals surface area contributed by atoms with E-state index in [9.17, 15) is 14.4 Å². The van der Waals surface area contributed by atoms with E-state index in [1.165, 1.54) is 0 Å². The fourth-order valence-corrected chi connectivity index (χ4v) is 7.47. The molecule has 1 aromatic rings. The second kappa shape index (κ2) is 14.0. The Balaban J connectivity index is 1.68. The summed E-state index contributed by atoms with van der Waals surface area (Å²) in [5, 5.41) is 9.16. The van der Waals surface area contributed by atoms with Crippen LogP contribution in [0.3, 0.4) is 0 Å². The van der Waals surface area contributed by atoms with Crippen molar-refractivity contribution in [3.63, 3.8) is 0 Å². The summed E-state index contributed by atoms with van der Waals surface area (Å²) < 4.78 is 17.5. The van der Waals surface area contributed by atoms with Gasteiger partial charge in [-0.25, -0.2) is 0 Å². The van der Waals surface area contributed by atoms with Crippen molar-refractivity contribution in [3.05, 3.63) is 49.6 Å². The van der Waals surface area contributed by atoms with E-state index in [4.69, 9.17) is 19.3 Å². The number of unbranched alkanes of at least 4 members (excludes halogenated alkanes) is 4. The third kappa shape index (κ3) is 6.10. The molecule has 3 heterocycles. The number of benzene rings is 1. The summed E-state index contributed by atoms with van der Waals surface area (Å²) in [6, 6.07) is 6.25. The van der Waals surface area contributed by atoms with Crippen LogP contribution >= 0.6 is 15.9 Å². The number of methoxy groups -OCH3 is 1. The molecule has 10 heteroatoms. The van der Waals surface area contributed by atoms with Crippen molar-refractivity contribution in [3.8, 4) is 5.75 Å². The number of fused-ring (bicyclic) bond motifs is 1. The minimum atomic E-state index is -1.16. The van der Waals surface area contributed by atoms with Gasteiger partial charge in [-0.1, -0.05) is 40.9 Å². The lowest BCUT2D eigenvalue weighted by molar-refractivity contribution is -0.155. The summed E-state index contributed by atoms with van der Waals surface area (Å²) >= 11 is 3.70. The van der Waals surface area contributed by atoms with Gasteiger partial charge in [-0.15, -0.1) is 13.2 Å². The van der Waals surface area contributed by atoms with Gasteiger partial charge in [0.05, 0.1) is 31.7 Å². The zero-order chi connectivity index (χ0) is 29.6. The normalized spacial score (nSPS) is 27.9. The standard InChI is InChI=1S/C31H41BrN2O7/c1-4-6-11-19-40-30(38)24-25-28(36)34(17-9-7-8-10-18-35)27(31(25)20-23(32)26(24)41-31)29(37)33(16-5-2)21-12-14-22(39-3)15-13-21/h4-5,12-15,23-27,35H,1-2,6-11,16-20H2,3H3/t23?,24-,25-,26-,27?,31?/m0/s1. The number of hydrogen-bond acceptors (Lipinski definition) is 7. The molecule has 9 nitrogen and oxygen atoms in total. The molecule has 2 bridgehead atoms. The van der Waals surface area contributed by atoms with E-state index in [1.54, 1.807) is 53.3 Å². The Labute approximate surface area is 250 Å². The van der Waals surface area contributed by atoms with E-state index in [1.807, 2.05) is 0 Å². The summed E-state index contributed by atoms with van der Waals surface area (Å²) in [6.45, 7) is 8.49. The summed E-state index contributed by atoms with van der Waals surface area (Å²) in [5.74, 6) is -1.92. The quantitative estimate of drug-likeness (QED) is 0.127. The number of ether oxygens (including phenoxy) is 3. The lowest BCUT2D eigenvalue weighted by Gasteiger charge is -2.37. The number of halogens is 1. The molecule has 224 valence electrons. The first-order valence-corrected chi connectivity index (χ1v) is 15.3. The van der Waals surface area contributed by atoms with Crippen LogP contribution in [0.5, 0.6) is 5.75 Å². The lowest BCUT2D eigenvalue weighted by atomic mass is 9.70. The summed E-state index contributed by atoms with van der Waals surface area (Å²) in [6.07, 6.45) is 7.62. The van der Waals surface area contributed by atoms with Gasteiger partial charge in [0.25, 0.3) is 5.91 Å². The number of nitrogens with zero attached hydrogens (tertiary/aromatic N) is 2. The van der Waals surface area contributed by atoms with Gasteiger partial charge in [0.1, 0.15) is 17.4 Å². The monoisotopic (exact) mass is 632 g/mol. The van der Waals surface area contributed by atoms with E-state index >= 15 is 0 Å². The number of hydrogen-bond donors (Lipinski definition) is 1. The number of anilines is 1. The Bertz CT molecular complexity index is 1110. The third-order valence-electron chi connectivity index (χ3n) is 8.36. The smallest absolute Gasteiger partial charge is 0.312 e. The molecule has 3 saturated heterocycles. The predicted molar refractivity (Wildman–Crippen MR) is 159 cm³/mol. The molecule has 3 unspecified atom stereocenters. The molecule has 3 aliphatic rings. The minimum Gasteiger partial charge on any atom is -0.497 e. The van der Waals surface area contributed by atoms with E-state index in [2.05, 4.69) is 29.1 Å². The van der Waals surface area contributed by atoms with Crippen molar-refractivity contribution in [2.24, 2.45) is 11.8 Å². The Hall–Kier alpha value is -2.69. The molecular weight excluding hydrogens is 592 g/mol. The van der Waals surface area contributed by atoms with Gasteiger partial charge in [-0.2, -0.15) is 0 Å². The van der Waals surface area contributed by atoms with Crippen LogP contribution in [0.1, 0.15) is 44.9 Å². The van der Waals surface area contributed by atoms with Crippen LogP contribution < -0.4 is 9.64 Å². The highest BCUT2D eigenvalue weighted by Gasteiger charge is 2.77. The zero-order valence-corrected chi connectivity index (χ0v) is 25.3. The number of rotatable bonds is 16. The maximum atomic E-state index is 14.5. The van der Waals surface area contributed by atoms with Gasteiger partial charge in [-0.3, -0.25) is 14.4 Å². The Kier molecular flexibility index (Phi) is 10.7. The van der Waals surface area contributed by atoms with Crippen molar-refractivity contribution in [2.75, 3.05) is 38.3 Å². The number of aliphatic hydroxyl groups excluding tert-OH is 1. The van der Waals surface area contributed by atoms with E-state index in [0.717, 1.165) is 19.3 Å². The summed E-state index contributed by atoms with van der Waals surface area (Å²) in [4.78, 5) is 45.1. The molecule has 0 saturated carbocycles. The van der Waals surface area contributed by atoms with E-state index in [-0.39, 0.29) is 36.4 Å². The van der Waals surface area contributed by atoms with Gasteiger partial charge in [0, 0.05) is 30.2 Å². The molecule has 0 aromatic heterocycles. The molecule has 3 fully saturated rings. The maximum absolute atomic E-state index is 14.5. The first kappa shape index (κ1) is 31.3. The highest BCUT2D eigenvalue weighted by atomic mass is 79.9. The number of amides is 2. The van der Waals surface area contributed by atoms with E-state index < -0.39 is 35.6 Å². The molecule has 1 N–H and O–H groups in total. The second-order valence-electron chi connectivity index (χ2n) is 10.9. The van der Waals surface area contributed by atoms with Crippen molar-refractivity contribution in [1.29, 1.82) is 0 Å². The number of likely N-dealkylation sites (tertiary alicyclic amines) is 1. The lowest BCUT2D eigenvalue weighted by Crippen LogP contribution is -2.57. The van der Waals surface area contributed by atoms with Gasteiger partial charge in [-0.05, 0) is 56.4 Å². The zero-order valence-electron chi connectivity index (χ0n) is 23.7. The molecular formula is C31H41BrN2O7. The minimum absolute atomic E-state index is 0.117. The first-order valence-electron chi connectivity index (χ1n) is 14.4. The number of esters is 1. The number of carbonyl (C=O) groups is 3.